The molecule has 1 aliphatic rings. The smallest absolute Gasteiger partial charge is 0.293 e. The van der Waals surface area contributed by atoms with Crippen molar-refractivity contribution in [2.45, 2.75) is 25.8 Å². The molecule has 0 aromatic heterocycles. The van der Waals surface area contributed by atoms with Gasteiger partial charge in [0.15, 0.2) is 0 Å². The standard InChI is InChI=1S/C15H22N4O3/c1-10-4-3-7-18(14(10)9-16)12-6-5-11(15(20)17-2)8-13(12)19(21)22/h5-6,8,10,14H,3-4,7,9,16H2,1-2H3,(H,17,20). The first-order valence-electron chi connectivity index (χ1n) is 7.46. The first-order valence-corrected chi connectivity index (χ1v) is 7.46. The van der Waals surface area contributed by atoms with E-state index in [1.165, 1.54) is 13.1 Å². The molecule has 0 radical (unpaired) electrons. The van der Waals surface area contributed by atoms with E-state index in [1.807, 2.05) is 4.90 Å². The van der Waals surface area contributed by atoms with Crippen molar-refractivity contribution in [3.8, 4) is 0 Å². The lowest BCUT2D eigenvalue weighted by Gasteiger charge is -2.40. The molecule has 22 heavy (non-hydrogen) atoms. The zero-order chi connectivity index (χ0) is 16.3. The van der Waals surface area contributed by atoms with Crippen LogP contribution in [-0.2, 0) is 0 Å². The molecular weight excluding hydrogens is 284 g/mol. The van der Waals surface area contributed by atoms with Crippen LogP contribution in [0.5, 0.6) is 0 Å². The van der Waals surface area contributed by atoms with Crippen LogP contribution < -0.4 is 16.0 Å². The van der Waals surface area contributed by atoms with Gasteiger partial charge in [-0.1, -0.05) is 6.92 Å². The first-order chi connectivity index (χ1) is 10.5. The second-order valence-corrected chi connectivity index (χ2v) is 5.66. The fourth-order valence-corrected chi connectivity index (χ4v) is 3.11. The predicted octanol–water partition coefficient (Wildman–Crippen LogP) is 1.52. The van der Waals surface area contributed by atoms with Crippen LogP contribution in [0.3, 0.4) is 0 Å². The van der Waals surface area contributed by atoms with Gasteiger partial charge in [0.1, 0.15) is 5.69 Å². The van der Waals surface area contributed by atoms with Gasteiger partial charge in [-0.2, -0.15) is 0 Å². The topological polar surface area (TPSA) is 102 Å². The molecule has 1 aromatic carbocycles. The summed E-state index contributed by atoms with van der Waals surface area (Å²) in [6.07, 6.45) is 2.05. The Morgan fingerprint density at radius 3 is 2.86 bits per heavy atom. The molecule has 7 heteroatoms. The van der Waals surface area contributed by atoms with Crippen LogP contribution in [0.2, 0.25) is 0 Å². The summed E-state index contributed by atoms with van der Waals surface area (Å²) in [7, 11) is 1.50. The maximum atomic E-state index is 11.7. The average Bonchev–Trinajstić information content (AvgIpc) is 2.53. The Morgan fingerprint density at radius 2 is 2.27 bits per heavy atom. The molecule has 1 aliphatic heterocycles. The van der Waals surface area contributed by atoms with Gasteiger partial charge in [0, 0.05) is 37.8 Å². The number of nitro benzene ring substituents is 1. The predicted molar refractivity (Wildman–Crippen MR) is 85.1 cm³/mol. The molecule has 2 rings (SSSR count). The zero-order valence-corrected chi connectivity index (χ0v) is 12.9. The SMILES string of the molecule is CNC(=O)c1ccc(N2CCCC(C)C2CN)c([N+](=O)[O-])c1. The lowest BCUT2D eigenvalue weighted by molar-refractivity contribution is -0.384. The van der Waals surface area contributed by atoms with Gasteiger partial charge >= 0.3 is 0 Å². The maximum Gasteiger partial charge on any atom is 0.293 e. The lowest BCUT2D eigenvalue weighted by atomic mass is 9.90. The van der Waals surface area contributed by atoms with Crippen molar-refractivity contribution in [2.75, 3.05) is 25.0 Å². The molecule has 1 heterocycles. The van der Waals surface area contributed by atoms with Crippen LogP contribution in [-0.4, -0.2) is 37.0 Å². The molecule has 3 N–H and O–H groups in total. The minimum atomic E-state index is -0.436. The number of nitrogens with zero attached hydrogens (tertiary/aromatic N) is 2. The third-order valence-electron chi connectivity index (χ3n) is 4.33. The molecule has 2 unspecified atom stereocenters. The summed E-state index contributed by atoms with van der Waals surface area (Å²) in [6.45, 7) is 3.32. The van der Waals surface area contributed by atoms with E-state index < -0.39 is 4.92 Å². The van der Waals surface area contributed by atoms with Gasteiger partial charge in [-0.25, -0.2) is 0 Å². The second kappa shape index (κ2) is 6.74. The number of rotatable bonds is 4. The summed E-state index contributed by atoms with van der Waals surface area (Å²) >= 11 is 0. The molecule has 0 spiro atoms. The van der Waals surface area contributed by atoms with E-state index in [-0.39, 0.29) is 23.2 Å². The van der Waals surface area contributed by atoms with Gasteiger partial charge in [0.2, 0.25) is 0 Å². The fraction of sp³-hybridized carbons (Fsp3) is 0.533. The van der Waals surface area contributed by atoms with E-state index in [2.05, 4.69) is 12.2 Å². The molecule has 0 bridgehead atoms. The molecule has 0 saturated carbocycles. The van der Waals surface area contributed by atoms with Gasteiger partial charge in [0.25, 0.3) is 11.6 Å². The highest BCUT2D eigenvalue weighted by Crippen LogP contribution is 2.35. The van der Waals surface area contributed by atoms with E-state index >= 15 is 0 Å². The van der Waals surface area contributed by atoms with Crippen molar-refractivity contribution in [2.24, 2.45) is 11.7 Å². The van der Waals surface area contributed by atoms with Gasteiger partial charge < -0.3 is 16.0 Å². The third-order valence-corrected chi connectivity index (χ3v) is 4.33. The van der Waals surface area contributed by atoms with E-state index in [0.29, 0.717) is 18.2 Å². The van der Waals surface area contributed by atoms with Crippen LogP contribution in [0.1, 0.15) is 30.1 Å². The number of nitrogens with two attached hydrogens (primary N) is 1. The van der Waals surface area contributed by atoms with Crippen molar-refractivity contribution >= 4 is 17.3 Å². The Labute approximate surface area is 129 Å². The average molecular weight is 306 g/mol. The second-order valence-electron chi connectivity index (χ2n) is 5.66. The van der Waals surface area contributed by atoms with Crippen LogP contribution in [0.4, 0.5) is 11.4 Å². The number of hydrogen-bond acceptors (Lipinski definition) is 5. The van der Waals surface area contributed by atoms with E-state index in [0.717, 1.165) is 19.4 Å². The Balaban J connectivity index is 2.45. The number of amides is 1. The molecule has 0 aliphatic carbocycles. The molecular formula is C15H22N4O3. The van der Waals surface area contributed by atoms with Crippen LogP contribution in [0.15, 0.2) is 18.2 Å². The van der Waals surface area contributed by atoms with E-state index in [9.17, 15) is 14.9 Å². The summed E-state index contributed by atoms with van der Waals surface area (Å²) in [5.74, 6) is 0.0500. The van der Waals surface area contributed by atoms with E-state index in [4.69, 9.17) is 5.73 Å². The van der Waals surface area contributed by atoms with Crippen LogP contribution in [0, 0.1) is 16.0 Å². The van der Waals surface area contributed by atoms with Crippen molar-refractivity contribution in [3.05, 3.63) is 33.9 Å². The number of nitrogens with one attached hydrogen (secondary N) is 1. The molecule has 120 valence electrons. The van der Waals surface area contributed by atoms with Crippen LogP contribution in [0.25, 0.3) is 0 Å². The highest BCUT2D eigenvalue weighted by Gasteiger charge is 2.31. The Hall–Kier alpha value is -2.15. The van der Waals surface area contributed by atoms with Crippen LogP contribution >= 0.6 is 0 Å². The fourth-order valence-electron chi connectivity index (χ4n) is 3.11. The molecule has 1 saturated heterocycles. The summed E-state index contributed by atoms with van der Waals surface area (Å²) in [5.41, 5.74) is 6.65. The Morgan fingerprint density at radius 1 is 1.55 bits per heavy atom. The number of anilines is 1. The highest BCUT2D eigenvalue weighted by molar-refractivity contribution is 5.95. The third kappa shape index (κ3) is 3.04. The molecule has 7 nitrogen and oxygen atoms in total. The summed E-state index contributed by atoms with van der Waals surface area (Å²) in [4.78, 5) is 24.7. The number of carbonyl (C=O) groups is 1. The van der Waals surface area contributed by atoms with Gasteiger partial charge in [-0.15, -0.1) is 0 Å². The summed E-state index contributed by atoms with van der Waals surface area (Å²) in [6, 6.07) is 4.69. The largest absolute Gasteiger partial charge is 0.361 e. The van der Waals surface area contributed by atoms with Crippen molar-refractivity contribution in [1.29, 1.82) is 0 Å². The molecule has 1 amide bonds. The lowest BCUT2D eigenvalue weighted by Crippen LogP contribution is -2.49. The van der Waals surface area contributed by atoms with Gasteiger partial charge in [0.05, 0.1) is 4.92 Å². The summed E-state index contributed by atoms with van der Waals surface area (Å²) in [5, 5.41) is 13.9. The molecule has 1 aromatic rings. The van der Waals surface area contributed by atoms with Crippen molar-refractivity contribution in [1.82, 2.24) is 5.32 Å². The highest BCUT2D eigenvalue weighted by atomic mass is 16.6. The quantitative estimate of drug-likeness (QED) is 0.648. The van der Waals surface area contributed by atoms with Crippen molar-refractivity contribution < 1.29 is 9.72 Å². The zero-order valence-electron chi connectivity index (χ0n) is 12.9. The molecule has 1 fully saturated rings. The number of piperidine rings is 1. The summed E-state index contributed by atoms with van der Waals surface area (Å²) < 4.78 is 0. The molecule has 2 atom stereocenters. The first kappa shape index (κ1) is 16.2. The minimum absolute atomic E-state index is 0.0475. The Kier molecular flexibility index (Phi) is 4.97. The number of nitro groups is 1. The van der Waals surface area contributed by atoms with Gasteiger partial charge in [-0.3, -0.25) is 14.9 Å². The number of benzene rings is 1. The van der Waals surface area contributed by atoms with E-state index in [1.54, 1.807) is 12.1 Å². The maximum absolute atomic E-state index is 11.7. The monoisotopic (exact) mass is 306 g/mol. The Bertz CT molecular complexity index is 576. The number of hydrogen-bond donors (Lipinski definition) is 2. The van der Waals surface area contributed by atoms with Gasteiger partial charge in [-0.05, 0) is 30.9 Å². The number of carbonyl (C=O) groups excluding carboxylic acids is 1. The normalized spacial score (nSPS) is 21.5. The minimum Gasteiger partial charge on any atom is -0.361 e. The van der Waals surface area contributed by atoms with Crippen molar-refractivity contribution in [3.63, 3.8) is 0 Å².